The Morgan fingerprint density at radius 2 is 2.41 bits per heavy atom. The van der Waals surface area contributed by atoms with E-state index in [1.807, 2.05) is 17.5 Å². The monoisotopic (exact) mass is 321 g/mol. The summed E-state index contributed by atoms with van der Waals surface area (Å²) in [6.45, 7) is 1.05. The highest BCUT2D eigenvalue weighted by atomic mass is 32.1. The summed E-state index contributed by atoms with van der Waals surface area (Å²) in [5.74, 6) is -1.14. The van der Waals surface area contributed by atoms with E-state index in [4.69, 9.17) is 9.84 Å². The number of aromatic nitrogens is 2. The van der Waals surface area contributed by atoms with Crippen LogP contribution >= 0.6 is 11.3 Å². The minimum absolute atomic E-state index is 0.106. The lowest BCUT2D eigenvalue weighted by atomic mass is 10.2. The first-order valence-corrected chi connectivity index (χ1v) is 7.73. The molecule has 8 heteroatoms. The summed E-state index contributed by atoms with van der Waals surface area (Å²) in [5, 5.41) is 17.7. The number of hydrogen-bond acceptors (Lipinski definition) is 5. The topological polar surface area (TPSA) is 95.5 Å². The molecular weight excluding hydrogens is 306 g/mol. The highest BCUT2D eigenvalue weighted by molar-refractivity contribution is 7.13. The second-order valence-corrected chi connectivity index (χ2v) is 5.93. The van der Waals surface area contributed by atoms with Crippen LogP contribution in [-0.2, 0) is 9.53 Å². The van der Waals surface area contributed by atoms with Gasteiger partial charge in [-0.05, 0) is 17.5 Å². The van der Waals surface area contributed by atoms with E-state index >= 15 is 0 Å². The number of hydrogen-bond donors (Lipinski definition) is 2. The van der Waals surface area contributed by atoms with E-state index < -0.39 is 12.1 Å². The number of thiophene rings is 1. The van der Waals surface area contributed by atoms with Gasteiger partial charge in [0.15, 0.2) is 5.69 Å². The summed E-state index contributed by atoms with van der Waals surface area (Å²) in [6, 6.07) is 5.60. The van der Waals surface area contributed by atoms with Gasteiger partial charge < -0.3 is 14.7 Å². The van der Waals surface area contributed by atoms with Gasteiger partial charge in [-0.2, -0.15) is 5.10 Å². The molecule has 2 aromatic heterocycles. The lowest BCUT2D eigenvalue weighted by molar-refractivity contribution is -0.141. The van der Waals surface area contributed by atoms with Crippen LogP contribution in [0.3, 0.4) is 0 Å². The van der Waals surface area contributed by atoms with E-state index in [1.165, 1.54) is 0 Å². The van der Waals surface area contributed by atoms with Gasteiger partial charge in [0.25, 0.3) is 5.91 Å². The van der Waals surface area contributed by atoms with Crippen LogP contribution in [0.2, 0.25) is 0 Å². The highest BCUT2D eigenvalue weighted by Gasteiger charge is 2.27. The zero-order valence-corrected chi connectivity index (χ0v) is 12.5. The molecule has 22 heavy (non-hydrogen) atoms. The van der Waals surface area contributed by atoms with Crippen molar-refractivity contribution < 1.29 is 19.4 Å². The largest absolute Gasteiger partial charge is 0.481 e. The molecule has 1 aliphatic rings. The predicted molar refractivity (Wildman–Crippen MR) is 79.8 cm³/mol. The van der Waals surface area contributed by atoms with Gasteiger partial charge in [-0.15, -0.1) is 11.3 Å². The first kappa shape index (κ1) is 14.7. The summed E-state index contributed by atoms with van der Waals surface area (Å²) >= 11 is 1.56. The minimum Gasteiger partial charge on any atom is -0.481 e. The third kappa shape index (κ3) is 3.18. The van der Waals surface area contributed by atoms with Crippen molar-refractivity contribution in [1.82, 2.24) is 15.1 Å². The van der Waals surface area contributed by atoms with Gasteiger partial charge in [0.1, 0.15) is 0 Å². The fourth-order valence-electron chi connectivity index (χ4n) is 2.37. The molecule has 1 fully saturated rings. The smallest absolute Gasteiger partial charge is 0.306 e. The van der Waals surface area contributed by atoms with E-state index in [0.29, 0.717) is 18.8 Å². The molecule has 0 saturated carbocycles. The number of H-pyrrole nitrogens is 1. The number of aliphatic carboxylic acids is 1. The standard InChI is InChI=1S/C14H15N3O4S/c18-13(19)6-9-8-17(3-4-21-9)14(20)11-7-10(15-16-11)12-2-1-5-22-12/h1-2,5,7,9H,3-4,6,8H2,(H,15,16)(H,18,19)/t9-/m1/s1. The maximum absolute atomic E-state index is 12.5. The summed E-state index contributed by atoms with van der Waals surface area (Å²) in [4.78, 5) is 25.8. The third-order valence-corrected chi connectivity index (χ3v) is 4.32. The summed E-state index contributed by atoms with van der Waals surface area (Å²) in [7, 11) is 0. The van der Waals surface area contributed by atoms with Crippen molar-refractivity contribution in [2.75, 3.05) is 19.7 Å². The Balaban J connectivity index is 1.69. The molecule has 0 bridgehead atoms. The fourth-order valence-corrected chi connectivity index (χ4v) is 3.07. The maximum Gasteiger partial charge on any atom is 0.306 e. The molecule has 1 amide bonds. The number of nitrogens with one attached hydrogen (secondary N) is 1. The molecule has 0 spiro atoms. The van der Waals surface area contributed by atoms with Crippen LogP contribution < -0.4 is 0 Å². The number of aromatic amines is 1. The van der Waals surface area contributed by atoms with Crippen LogP contribution in [0.25, 0.3) is 10.6 Å². The van der Waals surface area contributed by atoms with Crippen LogP contribution in [0.4, 0.5) is 0 Å². The van der Waals surface area contributed by atoms with Gasteiger partial charge in [0, 0.05) is 13.1 Å². The molecule has 1 aliphatic heterocycles. The van der Waals surface area contributed by atoms with Crippen molar-refractivity contribution in [3.05, 3.63) is 29.3 Å². The number of ether oxygens (including phenoxy) is 1. The molecule has 1 saturated heterocycles. The molecule has 0 radical (unpaired) electrons. The van der Waals surface area contributed by atoms with Crippen molar-refractivity contribution in [2.24, 2.45) is 0 Å². The number of carbonyl (C=O) groups is 2. The molecule has 0 aromatic carbocycles. The quantitative estimate of drug-likeness (QED) is 0.889. The van der Waals surface area contributed by atoms with E-state index in [1.54, 1.807) is 22.3 Å². The highest BCUT2D eigenvalue weighted by Crippen LogP contribution is 2.23. The second kappa shape index (κ2) is 6.29. The zero-order chi connectivity index (χ0) is 15.5. The Kier molecular flexibility index (Phi) is 4.21. The Morgan fingerprint density at radius 3 is 3.14 bits per heavy atom. The molecule has 2 aromatic rings. The predicted octanol–water partition coefficient (Wildman–Crippen LogP) is 1.45. The number of carboxylic acids is 1. The van der Waals surface area contributed by atoms with Gasteiger partial charge in [-0.3, -0.25) is 14.7 Å². The summed E-state index contributed by atoms with van der Waals surface area (Å²) in [5.41, 5.74) is 1.13. The molecule has 2 N–H and O–H groups in total. The zero-order valence-electron chi connectivity index (χ0n) is 11.7. The Bertz CT molecular complexity index is 667. The fraction of sp³-hybridized carbons (Fsp3) is 0.357. The number of amides is 1. The molecular formula is C14H15N3O4S. The molecule has 0 unspecified atom stereocenters. The molecule has 3 heterocycles. The third-order valence-electron chi connectivity index (χ3n) is 3.41. The SMILES string of the molecule is O=C(O)C[C@@H]1CN(C(=O)c2cc(-c3cccs3)[nH]n2)CCO1. The first-order valence-electron chi connectivity index (χ1n) is 6.85. The van der Waals surface area contributed by atoms with Crippen molar-refractivity contribution >= 4 is 23.2 Å². The summed E-state index contributed by atoms with van der Waals surface area (Å²) in [6.07, 6.45) is -0.573. The van der Waals surface area contributed by atoms with Crippen molar-refractivity contribution in [3.63, 3.8) is 0 Å². The Labute approximate surface area is 130 Å². The number of rotatable bonds is 4. The van der Waals surface area contributed by atoms with Gasteiger partial charge in [0.05, 0.1) is 29.7 Å². The van der Waals surface area contributed by atoms with Crippen LogP contribution in [0.15, 0.2) is 23.6 Å². The second-order valence-electron chi connectivity index (χ2n) is 4.99. The molecule has 1 atom stereocenters. The van der Waals surface area contributed by atoms with Gasteiger partial charge in [-0.1, -0.05) is 6.07 Å². The van der Waals surface area contributed by atoms with Gasteiger partial charge >= 0.3 is 5.97 Å². The van der Waals surface area contributed by atoms with Crippen molar-refractivity contribution in [2.45, 2.75) is 12.5 Å². The Morgan fingerprint density at radius 1 is 1.55 bits per heavy atom. The number of morpholine rings is 1. The molecule has 0 aliphatic carbocycles. The maximum atomic E-state index is 12.5. The van der Waals surface area contributed by atoms with E-state index in [-0.39, 0.29) is 18.9 Å². The average molecular weight is 321 g/mol. The first-order chi connectivity index (χ1) is 10.6. The molecule has 116 valence electrons. The minimum atomic E-state index is -0.931. The molecule has 7 nitrogen and oxygen atoms in total. The normalized spacial score (nSPS) is 18.4. The van der Waals surface area contributed by atoms with Crippen LogP contribution in [0.5, 0.6) is 0 Å². The van der Waals surface area contributed by atoms with E-state index in [2.05, 4.69) is 10.2 Å². The van der Waals surface area contributed by atoms with Crippen LogP contribution in [-0.4, -0.2) is 57.9 Å². The lowest BCUT2D eigenvalue weighted by Crippen LogP contribution is -2.46. The van der Waals surface area contributed by atoms with E-state index in [0.717, 1.165) is 10.6 Å². The van der Waals surface area contributed by atoms with Crippen LogP contribution in [0, 0.1) is 0 Å². The molecule has 3 rings (SSSR count). The van der Waals surface area contributed by atoms with E-state index in [9.17, 15) is 9.59 Å². The van der Waals surface area contributed by atoms with Gasteiger partial charge in [0.2, 0.25) is 0 Å². The Hall–Kier alpha value is -2.19. The van der Waals surface area contributed by atoms with Crippen molar-refractivity contribution in [3.8, 4) is 10.6 Å². The average Bonchev–Trinajstić information content (AvgIpc) is 3.17. The number of nitrogens with zero attached hydrogens (tertiary/aromatic N) is 2. The number of carboxylic acid groups (broad SMARTS) is 1. The van der Waals surface area contributed by atoms with Crippen molar-refractivity contribution in [1.29, 1.82) is 0 Å². The van der Waals surface area contributed by atoms with Gasteiger partial charge in [-0.25, -0.2) is 0 Å². The van der Waals surface area contributed by atoms with Crippen LogP contribution in [0.1, 0.15) is 16.9 Å². The lowest BCUT2D eigenvalue weighted by Gasteiger charge is -2.31. The summed E-state index contributed by atoms with van der Waals surface area (Å²) < 4.78 is 5.37. The number of carbonyl (C=O) groups excluding carboxylic acids is 1.